The van der Waals surface area contributed by atoms with Crippen LogP contribution in [0.5, 0.6) is 11.6 Å². The third-order valence-electron chi connectivity index (χ3n) is 8.77. The molecule has 2 aliphatic rings. The summed E-state index contributed by atoms with van der Waals surface area (Å²) in [5, 5.41) is 4.61. The molecule has 1 amide bonds. The lowest BCUT2D eigenvalue weighted by atomic mass is 9.86. The molecule has 254 valence electrons. The molecule has 0 unspecified atom stereocenters. The summed E-state index contributed by atoms with van der Waals surface area (Å²) in [6.07, 6.45) is 3.75. The Bertz CT molecular complexity index is 1950. The number of nitrogens with zero attached hydrogens (tertiary/aromatic N) is 4. The lowest BCUT2D eigenvalue weighted by Gasteiger charge is -2.37. The molecule has 2 fully saturated rings. The number of carbonyl (C=O) groups is 1. The van der Waals surface area contributed by atoms with Gasteiger partial charge in [-0.1, -0.05) is 30.7 Å². The largest absolute Gasteiger partial charge is 0.444 e. The molecular formula is C35H41FN6O5S. The first kappa shape index (κ1) is 33.4. The average molecular weight is 677 g/mol. The van der Waals surface area contributed by atoms with Crippen LogP contribution in [0.1, 0.15) is 58.9 Å². The molecule has 4 aromatic rings. The third kappa shape index (κ3) is 7.01. The van der Waals surface area contributed by atoms with Gasteiger partial charge >= 0.3 is 6.09 Å². The Morgan fingerprint density at radius 2 is 1.79 bits per heavy atom. The first-order chi connectivity index (χ1) is 22.7. The van der Waals surface area contributed by atoms with E-state index in [0.29, 0.717) is 46.8 Å². The van der Waals surface area contributed by atoms with E-state index in [0.717, 1.165) is 17.4 Å². The van der Waals surface area contributed by atoms with Crippen LogP contribution in [-0.2, 0) is 14.8 Å². The smallest absolute Gasteiger partial charge is 0.410 e. The molecular weight excluding hydrogens is 635 g/mol. The van der Waals surface area contributed by atoms with E-state index in [4.69, 9.17) is 14.5 Å². The summed E-state index contributed by atoms with van der Waals surface area (Å²) in [4.78, 5) is 27.6. The van der Waals surface area contributed by atoms with Gasteiger partial charge in [0.1, 0.15) is 17.5 Å². The van der Waals surface area contributed by atoms with Gasteiger partial charge in [0.2, 0.25) is 21.9 Å². The minimum atomic E-state index is -3.60. The van der Waals surface area contributed by atoms with Gasteiger partial charge in [0.15, 0.2) is 0 Å². The second-order valence-corrected chi connectivity index (χ2v) is 16.0. The molecule has 2 N–H and O–H groups in total. The van der Waals surface area contributed by atoms with Crippen molar-refractivity contribution in [2.24, 2.45) is 0 Å². The molecule has 2 aromatic heterocycles. The number of aryl methyl sites for hydroxylation is 1. The molecule has 1 aliphatic carbocycles. The van der Waals surface area contributed by atoms with Crippen molar-refractivity contribution in [3.05, 3.63) is 66.5 Å². The molecule has 0 radical (unpaired) electrons. The summed E-state index contributed by atoms with van der Waals surface area (Å²) in [6, 6.07) is 14.2. The van der Waals surface area contributed by atoms with Crippen molar-refractivity contribution in [3.63, 3.8) is 0 Å². The van der Waals surface area contributed by atoms with Crippen LogP contribution in [-0.4, -0.2) is 70.0 Å². The van der Waals surface area contributed by atoms with E-state index in [1.54, 1.807) is 58.3 Å². The van der Waals surface area contributed by atoms with Gasteiger partial charge in [-0.25, -0.2) is 32.6 Å². The maximum atomic E-state index is 14.7. The van der Waals surface area contributed by atoms with Crippen LogP contribution in [0.15, 0.2) is 60.9 Å². The normalized spacial score (nSPS) is 19.3. The lowest BCUT2D eigenvalue weighted by molar-refractivity contribution is 0.0124. The molecule has 6 rings (SSSR count). The SMILES string of the molecule is Cc1cc(NS(=O)(=O)C2(C)CCC2)c2ccccc2c1Oc1ncccc1-c1ccnc(N[C@H]2C[C@H](F)CN(C(=O)OC(C)(C)C)C2)n1. The minimum Gasteiger partial charge on any atom is -0.444 e. The van der Waals surface area contributed by atoms with Gasteiger partial charge in [-0.2, -0.15) is 0 Å². The number of carbonyl (C=O) groups excluding carboxylic acids is 1. The Balaban J connectivity index is 1.26. The number of amides is 1. The van der Waals surface area contributed by atoms with Crippen molar-refractivity contribution in [1.29, 1.82) is 0 Å². The first-order valence-electron chi connectivity index (χ1n) is 16.1. The van der Waals surface area contributed by atoms with E-state index < -0.39 is 38.7 Å². The summed E-state index contributed by atoms with van der Waals surface area (Å²) in [5.41, 5.74) is 1.64. The first-order valence-corrected chi connectivity index (χ1v) is 17.6. The van der Waals surface area contributed by atoms with E-state index in [9.17, 15) is 17.6 Å². The number of pyridine rings is 1. The zero-order valence-electron chi connectivity index (χ0n) is 27.8. The second kappa shape index (κ2) is 12.8. The summed E-state index contributed by atoms with van der Waals surface area (Å²) in [7, 11) is -3.60. The Labute approximate surface area is 280 Å². The molecule has 11 nitrogen and oxygen atoms in total. The van der Waals surface area contributed by atoms with Crippen LogP contribution < -0.4 is 14.8 Å². The fourth-order valence-corrected chi connectivity index (χ4v) is 7.59. The number of sulfonamides is 1. The van der Waals surface area contributed by atoms with Gasteiger partial charge in [0.05, 0.1) is 28.2 Å². The van der Waals surface area contributed by atoms with Gasteiger partial charge in [0, 0.05) is 42.2 Å². The molecule has 1 saturated heterocycles. The van der Waals surface area contributed by atoms with E-state index in [-0.39, 0.29) is 25.5 Å². The van der Waals surface area contributed by atoms with Gasteiger partial charge in [-0.05, 0) is 77.3 Å². The van der Waals surface area contributed by atoms with Gasteiger partial charge < -0.3 is 19.7 Å². The Morgan fingerprint density at radius 1 is 1.04 bits per heavy atom. The second-order valence-electron chi connectivity index (χ2n) is 13.8. The van der Waals surface area contributed by atoms with E-state index in [1.165, 1.54) is 4.90 Å². The highest BCUT2D eigenvalue weighted by atomic mass is 32.2. The predicted molar refractivity (Wildman–Crippen MR) is 184 cm³/mol. The number of benzene rings is 2. The number of nitrogens with one attached hydrogen (secondary N) is 2. The quantitative estimate of drug-likeness (QED) is 0.198. The molecule has 2 atom stereocenters. The number of hydrogen-bond donors (Lipinski definition) is 2. The fraction of sp³-hybridized carbons (Fsp3) is 0.429. The molecule has 1 aliphatic heterocycles. The average Bonchev–Trinajstić information content (AvgIpc) is 3.01. The monoisotopic (exact) mass is 676 g/mol. The van der Waals surface area contributed by atoms with Crippen molar-refractivity contribution in [1.82, 2.24) is 19.9 Å². The standard InChI is InChI=1S/C35H41FN6O5S/c1-22-18-29(41-48(44,45)35(5)14-9-15-35)25-10-6-7-11-26(25)30(22)46-31-27(12-8-16-37-31)28-13-17-38-32(40-28)39-24-19-23(36)20-42(21-24)33(43)47-34(2,3)4/h6-8,10-13,16-18,23-24,41H,9,14-15,19-21H2,1-5H3,(H,38,39,40)/t23-,24-/m0/s1. The Morgan fingerprint density at radius 3 is 2.50 bits per heavy atom. The number of hydrogen-bond acceptors (Lipinski definition) is 9. The maximum absolute atomic E-state index is 14.7. The lowest BCUT2D eigenvalue weighted by Crippen LogP contribution is -2.51. The molecule has 2 aromatic carbocycles. The van der Waals surface area contributed by atoms with Crippen molar-refractivity contribution in [2.45, 2.75) is 82.9 Å². The molecule has 0 spiro atoms. The van der Waals surface area contributed by atoms with Crippen LogP contribution in [0, 0.1) is 6.92 Å². The zero-order chi connectivity index (χ0) is 34.3. The van der Waals surface area contributed by atoms with Crippen molar-refractivity contribution < 1.29 is 27.1 Å². The number of ether oxygens (including phenoxy) is 2. The van der Waals surface area contributed by atoms with Crippen molar-refractivity contribution in [2.75, 3.05) is 23.1 Å². The predicted octanol–water partition coefficient (Wildman–Crippen LogP) is 7.24. The number of alkyl halides is 1. The van der Waals surface area contributed by atoms with Crippen molar-refractivity contribution in [3.8, 4) is 22.9 Å². The van der Waals surface area contributed by atoms with E-state index in [2.05, 4.69) is 20.0 Å². The summed E-state index contributed by atoms with van der Waals surface area (Å²) < 4.78 is 55.3. The number of aromatic nitrogens is 3. The van der Waals surface area contributed by atoms with Crippen LogP contribution in [0.25, 0.3) is 22.0 Å². The number of anilines is 2. The number of fused-ring (bicyclic) bond motifs is 1. The van der Waals surface area contributed by atoms with E-state index >= 15 is 0 Å². The molecule has 1 saturated carbocycles. The highest BCUT2D eigenvalue weighted by Crippen LogP contribution is 2.43. The topological polar surface area (TPSA) is 136 Å². The van der Waals surface area contributed by atoms with Gasteiger partial charge in [-0.15, -0.1) is 0 Å². The third-order valence-corrected chi connectivity index (χ3v) is 11.0. The van der Waals surface area contributed by atoms with Gasteiger partial charge in [-0.3, -0.25) is 4.72 Å². The number of halogens is 1. The number of likely N-dealkylation sites (tertiary alicyclic amines) is 1. The van der Waals surface area contributed by atoms with Gasteiger partial charge in [0.25, 0.3) is 0 Å². The molecule has 0 bridgehead atoms. The fourth-order valence-electron chi connectivity index (χ4n) is 6.06. The highest BCUT2D eigenvalue weighted by Gasteiger charge is 2.44. The van der Waals surface area contributed by atoms with Crippen LogP contribution in [0.2, 0.25) is 0 Å². The zero-order valence-corrected chi connectivity index (χ0v) is 28.6. The van der Waals surface area contributed by atoms with Crippen molar-refractivity contribution >= 4 is 38.5 Å². The maximum Gasteiger partial charge on any atom is 0.410 e. The summed E-state index contributed by atoms with van der Waals surface area (Å²) >= 11 is 0. The molecule has 3 heterocycles. The molecule has 13 heteroatoms. The summed E-state index contributed by atoms with van der Waals surface area (Å²) in [5.74, 6) is 1.10. The molecule has 48 heavy (non-hydrogen) atoms. The van der Waals surface area contributed by atoms with Crippen LogP contribution in [0.4, 0.5) is 20.8 Å². The minimum absolute atomic E-state index is 0.0370. The number of piperidine rings is 1. The summed E-state index contributed by atoms with van der Waals surface area (Å²) in [6.45, 7) is 9.16. The van der Waals surface area contributed by atoms with Crippen LogP contribution in [0.3, 0.4) is 0 Å². The number of rotatable bonds is 8. The Hall–Kier alpha value is -4.52. The Kier molecular flexibility index (Phi) is 8.92. The van der Waals surface area contributed by atoms with Crippen LogP contribution >= 0.6 is 0 Å². The highest BCUT2D eigenvalue weighted by molar-refractivity contribution is 7.94. The van der Waals surface area contributed by atoms with E-state index in [1.807, 2.05) is 37.3 Å².